The standard InChI is InChI=1S/C12H5F11O2/c13-8(14,6-4-2-1-3-5(6)7(24)25)9(15,16)10(17,18)11(19,20)12(21,22)23/h1-4H,(H,24,25). The third kappa shape index (κ3) is 2.88. The van der Waals surface area contributed by atoms with Gasteiger partial charge in [0.15, 0.2) is 0 Å². The van der Waals surface area contributed by atoms with Crippen molar-refractivity contribution in [2.24, 2.45) is 0 Å². The van der Waals surface area contributed by atoms with Gasteiger partial charge in [-0.05, 0) is 6.07 Å². The maximum absolute atomic E-state index is 13.8. The number of hydrogen-bond acceptors (Lipinski definition) is 1. The van der Waals surface area contributed by atoms with E-state index in [4.69, 9.17) is 5.11 Å². The first-order valence-electron chi connectivity index (χ1n) is 5.83. The number of alkyl halides is 11. The second-order valence-corrected chi connectivity index (χ2v) is 4.65. The maximum atomic E-state index is 13.8. The van der Waals surface area contributed by atoms with Crippen molar-refractivity contribution in [1.29, 1.82) is 0 Å². The van der Waals surface area contributed by atoms with Crippen molar-refractivity contribution >= 4 is 5.97 Å². The summed E-state index contributed by atoms with van der Waals surface area (Å²) in [6, 6.07) is 1.33. The van der Waals surface area contributed by atoms with Crippen molar-refractivity contribution in [2.45, 2.75) is 29.9 Å². The second-order valence-electron chi connectivity index (χ2n) is 4.65. The Balaban J connectivity index is 3.64. The SMILES string of the molecule is O=C(O)c1ccccc1C(F)(F)C(F)(F)C(F)(F)C(F)(F)C(F)(F)F. The lowest BCUT2D eigenvalue weighted by Gasteiger charge is -2.37. The number of aromatic carboxylic acids is 1. The summed E-state index contributed by atoms with van der Waals surface area (Å²) in [6.07, 6.45) is -7.28. The summed E-state index contributed by atoms with van der Waals surface area (Å²) in [7, 11) is 0. The Kier molecular flexibility index (Phi) is 4.80. The Hall–Kier alpha value is -2.08. The van der Waals surface area contributed by atoms with Crippen LogP contribution in [0.25, 0.3) is 0 Å². The molecule has 0 aliphatic carbocycles. The third-order valence-corrected chi connectivity index (χ3v) is 3.03. The Bertz CT molecular complexity index is 663. The molecule has 0 fully saturated rings. The van der Waals surface area contributed by atoms with Crippen molar-refractivity contribution in [3.63, 3.8) is 0 Å². The predicted molar refractivity (Wildman–Crippen MR) is 58.2 cm³/mol. The Labute approximate surface area is 130 Å². The van der Waals surface area contributed by atoms with Gasteiger partial charge < -0.3 is 5.11 Å². The Morgan fingerprint density at radius 3 is 1.56 bits per heavy atom. The van der Waals surface area contributed by atoms with Crippen molar-refractivity contribution in [3.05, 3.63) is 35.4 Å². The zero-order valence-electron chi connectivity index (χ0n) is 11.3. The van der Waals surface area contributed by atoms with E-state index in [0.29, 0.717) is 12.1 Å². The number of rotatable bonds is 5. The first-order chi connectivity index (χ1) is 10.9. The number of halogens is 11. The highest BCUT2D eigenvalue weighted by molar-refractivity contribution is 5.89. The van der Waals surface area contributed by atoms with Crippen molar-refractivity contribution in [2.75, 3.05) is 0 Å². The van der Waals surface area contributed by atoms with E-state index in [2.05, 4.69) is 0 Å². The minimum Gasteiger partial charge on any atom is -0.478 e. The molecule has 1 rings (SSSR count). The summed E-state index contributed by atoms with van der Waals surface area (Å²) in [5, 5.41) is 8.59. The number of carboxylic acids is 1. The predicted octanol–water partition coefficient (Wildman–Crippen LogP) is 4.94. The van der Waals surface area contributed by atoms with Crippen LogP contribution in [-0.2, 0) is 5.92 Å². The van der Waals surface area contributed by atoms with Crippen LogP contribution >= 0.6 is 0 Å². The van der Waals surface area contributed by atoms with Crippen LogP contribution in [0.1, 0.15) is 15.9 Å². The molecular weight excluding hydrogens is 385 g/mol. The molecule has 1 N–H and O–H groups in total. The van der Waals surface area contributed by atoms with Crippen LogP contribution in [-0.4, -0.2) is 35.0 Å². The molecule has 1 aromatic rings. The topological polar surface area (TPSA) is 37.3 Å². The fraction of sp³-hybridized carbons (Fsp3) is 0.417. The van der Waals surface area contributed by atoms with Gasteiger partial charge in [-0.25, -0.2) is 4.79 Å². The zero-order valence-corrected chi connectivity index (χ0v) is 11.3. The first kappa shape index (κ1) is 21.0. The summed E-state index contributed by atoms with van der Waals surface area (Å²) in [5.41, 5.74) is -4.04. The van der Waals surface area contributed by atoms with Gasteiger partial charge in [-0.2, -0.15) is 48.3 Å². The summed E-state index contributed by atoms with van der Waals surface area (Å²) in [4.78, 5) is 10.7. The van der Waals surface area contributed by atoms with Crippen LogP contribution in [0.3, 0.4) is 0 Å². The molecule has 0 spiro atoms. The zero-order chi connectivity index (χ0) is 20.1. The summed E-state index contributed by atoms with van der Waals surface area (Å²) < 4.78 is 142. The molecule has 0 atom stereocenters. The van der Waals surface area contributed by atoms with Gasteiger partial charge in [-0.3, -0.25) is 0 Å². The molecule has 0 heterocycles. The van der Waals surface area contributed by atoms with Gasteiger partial charge in [-0.1, -0.05) is 18.2 Å². The quantitative estimate of drug-likeness (QED) is 0.723. The van der Waals surface area contributed by atoms with Gasteiger partial charge in [0.2, 0.25) is 0 Å². The smallest absolute Gasteiger partial charge is 0.460 e. The lowest BCUT2D eigenvalue weighted by atomic mass is 9.90. The lowest BCUT2D eigenvalue weighted by molar-refractivity contribution is -0.424. The van der Waals surface area contributed by atoms with Crippen molar-refractivity contribution < 1.29 is 58.2 Å². The fourth-order valence-electron chi connectivity index (χ4n) is 1.68. The molecule has 0 saturated heterocycles. The van der Waals surface area contributed by atoms with E-state index in [9.17, 15) is 53.1 Å². The summed E-state index contributed by atoms with van der Waals surface area (Å²) in [5.74, 6) is -31.1. The van der Waals surface area contributed by atoms with Crippen LogP contribution in [0.2, 0.25) is 0 Å². The Morgan fingerprint density at radius 1 is 0.720 bits per heavy atom. The number of benzene rings is 1. The molecule has 13 heteroatoms. The number of carboxylic acid groups (broad SMARTS) is 1. The molecule has 0 bridgehead atoms. The average molecular weight is 390 g/mol. The minimum absolute atomic E-state index is 0.112. The molecule has 0 saturated carbocycles. The van der Waals surface area contributed by atoms with E-state index in [1.807, 2.05) is 0 Å². The molecule has 0 amide bonds. The highest BCUT2D eigenvalue weighted by Gasteiger charge is 2.87. The first-order valence-corrected chi connectivity index (χ1v) is 5.83. The minimum atomic E-state index is -7.59. The van der Waals surface area contributed by atoms with E-state index < -0.39 is 47.0 Å². The molecule has 0 aliphatic rings. The third-order valence-electron chi connectivity index (χ3n) is 3.03. The van der Waals surface area contributed by atoms with Crippen molar-refractivity contribution in [1.82, 2.24) is 0 Å². The molecular formula is C12H5F11O2. The van der Waals surface area contributed by atoms with Gasteiger partial charge in [0, 0.05) is 5.56 Å². The van der Waals surface area contributed by atoms with E-state index in [1.54, 1.807) is 0 Å². The Morgan fingerprint density at radius 2 is 1.16 bits per heavy atom. The van der Waals surface area contributed by atoms with E-state index >= 15 is 0 Å². The van der Waals surface area contributed by atoms with Gasteiger partial charge >= 0.3 is 35.8 Å². The molecule has 1 aromatic carbocycles. The monoisotopic (exact) mass is 390 g/mol. The van der Waals surface area contributed by atoms with Crippen molar-refractivity contribution in [3.8, 4) is 0 Å². The van der Waals surface area contributed by atoms with Gasteiger partial charge in [-0.15, -0.1) is 0 Å². The van der Waals surface area contributed by atoms with Gasteiger partial charge in [0.25, 0.3) is 0 Å². The fourth-order valence-corrected chi connectivity index (χ4v) is 1.68. The molecule has 0 aromatic heterocycles. The second kappa shape index (κ2) is 5.73. The van der Waals surface area contributed by atoms with E-state index in [-0.39, 0.29) is 12.1 Å². The highest BCUT2D eigenvalue weighted by Crippen LogP contribution is 2.60. The van der Waals surface area contributed by atoms with Crippen LogP contribution in [0.5, 0.6) is 0 Å². The molecule has 25 heavy (non-hydrogen) atoms. The van der Waals surface area contributed by atoms with E-state index in [0.717, 1.165) is 0 Å². The van der Waals surface area contributed by atoms with Crippen LogP contribution in [0.4, 0.5) is 48.3 Å². The van der Waals surface area contributed by atoms with Gasteiger partial charge in [0.1, 0.15) is 0 Å². The van der Waals surface area contributed by atoms with E-state index in [1.165, 1.54) is 0 Å². The summed E-state index contributed by atoms with van der Waals surface area (Å²) >= 11 is 0. The molecule has 0 unspecified atom stereocenters. The molecule has 142 valence electrons. The highest BCUT2D eigenvalue weighted by atomic mass is 19.4. The molecule has 2 nitrogen and oxygen atoms in total. The van der Waals surface area contributed by atoms with Gasteiger partial charge in [0.05, 0.1) is 5.56 Å². The number of carbonyl (C=O) groups is 1. The normalized spacial score (nSPS) is 14.5. The maximum Gasteiger partial charge on any atom is 0.460 e. The lowest BCUT2D eigenvalue weighted by Crippen LogP contribution is -2.65. The van der Waals surface area contributed by atoms with Crippen LogP contribution < -0.4 is 0 Å². The summed E-state index contributed by atoms with van der Waals surface area (Å²) in [6.45, 7) is 0. The molecule has 0 radical (unpaired) electrons. The average Bonchev–Trinajstić information content (AvgIpc) is 2.45. The largest absolute Gasteiger partial charge is 0.478 e. The molecule has 0 aliphatic heterocycles. The number of hydrogen-bond donors (Lipinski definition) is 1. The van der Waals surface area contributed by atoms with Crippen LogP contribution in [0, 0.1) is 0 Å². The van der Waals surface area contributed by atoms with Crippen LogP contribution in [0.15, 0.2) is 24.3 Å².